The van der Waals surface area contributed by atoms with Gasteiger partial charge in [0.1, 0.15) is 5.82 Å². The van der Waals surface area contributed by atoms with Crippen LogP contribution in [0, 0.1) is 5.82 Å². The van der Waals surface area contributed by atoms with Crippen molar-refractivity contribution < 1.29 is 26.0 Å². The molecule has 0 fully saturated rings. The van der Waals surface area contributed by atoms with Crippen LogP contribution >= 0.6 is 0 Å². The Morgan fingerprint density at radius 2 is 2.00 bits per heavy atom. The van der Waals surface area contributed by atoms with E-state index in [0.717, 1.165) is 5.56 Å². The molecule has 2 rings (SSSR count). The average molecular weight is 230 g/mol. The molecular formula is C9H9ClFN3O. The molecule has 0 aliphatic carbocycles. The topological polar surface area (TPSA) is 55.9 Å². The quantitative estimate of drug-likeness (QED) is 0.592. The lowest BCUT2D eigenvalue weighted by Crippen LogP contribution is -3.00. The second-order valence-electron chi connectivity index (χ2n) is 2.93. The Morgan fingerprint density at radius 3 is 2.53 bits per heavy atom. The highest BCUT2D eigenvalue weighted by Crippen LogP contribution is 2.02. The second kappa shape index (κ2) is 4.75. The maximum Gasteiger partial charge on any atom is 0.293 e. The molecule has 0 amide bonds. The molecule has 0 radical (unpaired) electrons. The van der Waals surface area contributed by atoms with Gasteiger partial charge in [-0.15, -0.1) is 0 Å². The number of hydrogen-bond donors (Lipinski definition) is 1. The molecule has 1 heterocycles. The van der Waals surface area contributed by atoms with Crippen LogP contribution in [0.5, 0.6) is 0 Å². The van der Waals surface area contributed by atoms with Crippen LogP contribution in [0.15, 0.2) is 35.0 Å². The van der Waals surface area contributed by atoms with Crippen molar-refractivity contribution >= 4 is 5.88 Å². The fraction of sp³-hybridized carbons (Fsp3) is 0.111. The van der Waals surface area contributed by atoms with Crippen LogP contribution < -0.4 is 22.8 Å². The predicted molar refractivity (Wildman–Crippen MR) is 46.6 cm³/mol. The Kier molecular flexibility index (Phi) is 3.62. The van der Waals surface area contributed by atoms with E-state index in [9.17, 15) is 4.39 Å². The summed E-state index contributed by atoms with van der Waals surface area (Å²) in [5.74, 6) is 0.00512. The zero-order valence-corrected chi connectivity index (χ0v) is 8.49. The summed E-state index contributed by atoms with van der Waals surface area (Å²) in [5.41, 5.74) is 6.28. The van der Waals surface area contributed by atoms with E-state index in [1.165, 1.54) is 12.1 Å². The van der Waals surface area contributed by atoms with E-state index < -0.39 is 0 Å². The Hall–Kier alpha value is -1.62. The predicted octanol–water partition coefficient (Wildman–Crippen LogP) is -2.26. The van der Waals surface area contributed by atoms with E-state index in [1.807, 2.05) is 0 Å². The van der Waals surface area contributed by atoms with Crippen LogP contribution in [0.1, 0.15) is 5.56 Å². The van der Waals surface area contributed by atoms with Crippen LogP contribution in [-0.2, 0) is 6.54 Å². The molecule has 0 aliphatic rings. The second-order valence-corrected chi connectivity index (χ2v) is 2.93. The van der Waals surface area contributed by atoms with Crippen molar-refractivity contribution in [1.82, 2.24) is 5.27 Å². The minimum atomic E-state index is -0.251. The Labute approximate surface area is 91.9 Å². The maximum atomic E-state index is 12.6. The van der Waals surface area contributed by atoms with E-state index in [0.29, 0.717) is 6.54 Å². The van der Waals surface area contributed by atoms with Gasteiger partial charge in [0.2, 0.25) is 11.8 Å². The number of rotatable bonds is 2. The van der Waals surface area contributed by atoms with Crippen LogP contribution in [0.4, 0.5) is 10.3 Å². The van der Waals surface area contributed by atoms with Gasteiger partial charge < -0.3 is 18.1 Å². The molecule has 1 aromatic carbocycles. The van der Waals surface area contributed by atoms with E-state index >= 15 is 0 Å². The first kappa shape index (κ1) is 11.5. The number of anilines is 1. The van der Waals surface area contributed by atoms with Gasteiger partial charge in [-0.1, -0.05) is 0 Å². The summed E-state index contributed by atoms with van der Waals surface area (Å²) in [6, 6.07) is 6.18. The highest BCUT2D eigenvalue weighted by Gasteiger charge is 2.09. The zero-order chi connectivity index (χ0) is 9.97. The van der Waals surface area contributed by atoms with Gasteiger partial charge in [0, 0.05) is 5.56 Å². The highest BCUT2D eigenvalue weighted by molar-refractivity contribution is 5.15. The van der Waals surface area contributed by atoms with Crippen molar-refractivity contribution in [3.05, 3.63) is 41.8 Å². The lowest BCUT2D eigenvalue weighted by molar-refractivity contribution is -0.754. The van der Waals surface area contributed by atoms with Crippen LogP contribution in [0.2, 0.25) is 0 Å². The van der Waals surface area contributed by atoms with E-state index in [4.69, 9.17) is 5.73 Å². The molecule has 0 saturated carbocycles. The Balaban J connectivity index is 0.00000112. The van der Waals surface area contributed by atoms with Gasteiger partial charge in [0.25, 0.3) is 12.1 Å². The molecule has 0 saturated heterocycles. The molecule has 0 bridgehead atoms. The fourth-order valence-electron chi connectivity index (χ4n) is 1.14. The van der Waals surface area contributed by atoms with Gasteiger partial charge >= 0.3 is 0 Å². The molecule has 15 heavy (non-hydrogen) atoms. The van der Waals surface area contributed by atoms with Crippen molar-refractivity contribution in [2.24, 2.45) is 0 Å². The molecule has 2 N–H and O–H groups in total. The number of halogens is 2. The Bertz CT molecular complexity index is 429. The first-order valence-electron chi connectivity index (χ1n) is 4.10. The van der Waals surface area contributed by atoms with E-state index in [1.54, 1.807) is 23.0 Å². The molecule has 80 valence electrons. The summed E-state index contributed by atoms with van der Waals surface area (Å²) in [6.07, 6.45) is 1.57. The van der Waals surface area contributed by atoms with Gasteiger partial charge in [-0.2, -0.15) is 0 Å². The molecule has 4 nitrogen and oxygen atoms in total. The summed E-state index contributed by atoms with van der Waals surface area (Å²) >= 11 is 0. The van der Waals surface area contributed by atoms with Crippen molar-refractivity contribution in [2.75, 3.05) is 5.73 Å². The average Bonchev–Trinajstić information content (AvgIpc) is 2.56. The van der Waals surface area contributed by atoms with E-state index in [-0.39, 0.29) is 24.1 Å². The summed E-state index contributed by atoms with van der Waals surface area (Å²) in [6.45, 7) is 0.515. The van der Waals surface area contributed by atoms with Crippen LogP contribution in [0.25, 0.3) is 0 Å². The molecule has 0 spiro atoms. The largest absolute Gasteiger partial charge is 1.00 e. The van der Waals surface area contributed by atoms with Gasteiger partial charge in [0.05, 0.1) is 0 Å². The lowest BCUT2D eigenvalue weighted by Gasteiger charge is -1.91. The van der Waals surface area contributed by atoms with Crippen molar-refractivity contribution in [1.29, 1.82) is 0 Å². The zero-order valence-electron chi connectivity index (χ0n) is 7.73. The minimum absolute atomic E-state index is 0. The molecule has 0 aliphatic heterocycles. The standard InChI is InChI=1S/C9H9FN3O.ClH/c10-8-3-1-7(2-4-8)5-13-6-9(11)14-12-13;/h1-4,6H,5,11H2;1H/q+1;/p-1. The van der Waals surface area contributed by atoms with Gasteiger partial charge in [-0.05, 0) is 28.9 Å². The molecule has 0 unspecified atom stereocenters. The third-order valence-electron chi connectivity index (χ3n) is 1.79. The first-order valence-corrected chi connectivity index (χ1v) is 4.10. The van der Waals surface area contributed by atoms with Crippen LogP contribution in [-0.4, -0.2) is 5.27 Å². The molecule has 0 atom stereocenters. The molecule has 1 aromatic heterocycles. The maximum absolute atomic E-state index is 12.6. The number of benzene rings is 1. The lowest BCUT2D eigenvalue weighted by atomic mass is 10.2. The summed E-state index contributed by atoms with van der Waals surface area (Å²) in [4.78, 5) is 0. The van der Waals surface area contributed by atoms with Crippen molar-refractivity contribution in [3.8, 4) is 0 Å². The first-order chi connectivity index (χ1) is 6.74. The number of nitrogens with zero attached hydrogens (tertiary/aromatic N) is 2. The number of hydrogen-bond acceptors (Lipinski definition) is 3. The highest BCUT2D eigenvalue weighted by atomic mass is 35.5. The summed E-state index contributed by atoms with van der Waals surface area (Å²) in [7, 11) is 0. The summed E-state index contributed by atoms with van der Waals surface area (Å²) < 4.78 is 18.8. The number of aromatic nitrogens is 2. The van der Waals surface area contributed by atoms with E-state index in [2.05, 4.69) is 9.79 Å². The third-order valence-corrected chi connectivity index (χ3v) is 1.79. The third kappa shape index (κ3) is 2.92. The molecule has 6 heteroatoms. The van der Waals surface area contributed by atoms with Crippen LogP contribution in [0.3, 0.4) is 0 Å². The number of nitrogen functional groups attached to an aromatic ring is 1. The smallest absolute Gasteiger partial charge is 0.293 e. The molecular weight excluding hydrogens is 221 g/mol. The van der Waals surface area contributed by atoms with Gasteiger partial charge in [0.15, 0.2) is 0 Å². The minimum Gasteiger partial charge on any atom is -1.00 e. The summed E-state index contributed by atoms with van der Waals surface area (Å²) in [5, 5.41) is 3.66. The monoisotopic (exact) mass is 229 g/mol. The van der Waals surface area contributed by atoms with Gasteiger partial charge in [-0.25, -0.2) is 4.39 Å². The SMILES string of the molecule is Nc1c[n+](Cc2ccc(F)cc2)no1.[Cl-]. The molecule has 2 aromatic rings. The Morgan fingerprint density at radius 1 is 1.33 bits per heavy atom. The number of nitrogens with two attached hydrogens (primary N) is 1. The van der Waals surface area contributed by atoms with Gasteiger partial charge in [-0.3, -0.25) is 4.52 Å². The fourth-order valence-corrected chi connectivity index (χ4v) is 1.14. The van der Waals surface area contributed by atoms with Crippen molar-refractivity contribution in [3.63, 3.8) is 0 Å². The normalized spacial score (nSPS) is 9.67. The van der Waals surface area contributed by atoms with Crippen molar-refractivity contribution in [2.45, 2.75) is 6.54 Å².